The van der Waals surface area contributed by atoms with Gasteiger partial charge in [-0.1, -0.05) is 6.58 Å². The predicted octanol–water partition coefficient (Wildman–Crippen LogP) is -0.0271. The first-order valence-electron chi connectivity index (χ1n) is 7.60. The summed E-state index contributed by atoms with van der Waals surface area (Å²) in [4.78, 5) is 11.6. The second-order valence-electron chi connectivity index (χ2n) is 5.22. The van der Waals surface area contributed by atoms with E-state index >= 15 is 0 Å². The smallest absolute Gasteiger partial charge is 0.351 e. The summed E-state index contributed by atoms with van der Waals surface area (Å²) in [6, 6.07) is 0. The van der Waals surface area contributed by atoms with E-state index < -0.39 is 11.9 Å². The first-order valence-corrected chi connectivity index (χ1v) is 7.60. The zero-order valence-corrected chi connectivity index (χ0v) is 13.5. The number of ether oxygens (including phenoxy) is 5. The average Bonchev–Trinajstić information content (AvgIpc) is 3.02. The van der Waals surface area contributed by atoms with Crippen LogP contribution in [0.2, 0.25) is 0 Å². The molecule has 1 aliphatic heterocycles. The van der Waals surface area contributed by atoms with E-state index in [0.717, 1.165) is 12.8 Å². The fraction of sp³-hybridized carbons (Fsp3) is 0.800. The van der Waals surface area contributed by atoms with Gasteiger partial charge in [-0.3, -0.25) is 0 Å². The Balaban J connectivity index is 2.42. The van der Waals surface area contributed by atoms with E-state index in [9.17, 15) is 9.90 Å². The van der Waals surface area contributed by atoms with Crippen LogP contribution < -0.4 is 0 Å². The highest BCUT2D eigenvalue weighted by atomic mass is 16.8. The monoisotopic (exact) mass is 334 g/mol. The van der Waals surface area contributed by atoms with Crippen molar-refractivity contribution in [3.8, 4) is 0 Å². The van der Waals surface area contributed by atoms with Crippen LogP contribution in [0.4, 0.5) is 0 Å². The molecule has 1 heterocycles. The van der Waals surface area contributed by atoms with Gasteiger partial charge in [0, 0.05) is 12.2 Å². The molecule has 2 atom stereocenters. The summed E-state index contributed by atoms with van der Waals surface area (Å²) >= 11 is 0. The van der Waals surface area contributed by atoms with Crippen LogP contribution in [0.15, 0.2) is 12.2 Å². The Bertz CT molecular complexity index is 366. The normalized spacial score (nSPS) is 20.2. The lowest BCUT2D eigenvalue weighted by molar-refractivity contribution is -0.361. The van der Waals surface area contributed by atoms with Crippen LogP contribution in [0.5, 0.6) is 0 Å². The molecule has 0 aromatic heterocycles. The molecule has 0 spiro atoms. The van der Waals surface area contributed by atoms with Crippen LogP contribution in [-0.4, -0.2) is 74.5 Å². The largest absolute Gasteiger partial charge is 0.402 e. The van der Waals surface area contributed by atoms with Crippen molar-refractivity contribution in [2.45, 2.75) is 31.8 Å². The molecule has 2 unspecified atom stereocenters. The molecule has 23 heavy (non-hydrogen) atoms. The molecular formula is C15H26O8. The van der Waals surface area contributed by atoms with E-state index in [0.29, 0.717) is 6.61 Å². The van der Waals surface area contributed by atoms with Gasteiger partial charge in [0.1, 0.15) is 6.61 Å². The third-order valence-electron chi connectivity index (χ3n) is 3.01. The summed E-state index contributed by atoms with van der Waals surface area (Å²) < 4.78 is 25.8. The highest BCUT2D eigenvalue weighted by Gasteiger charge is 2.35. The Morgan fingerprint density at radius 2 is 2.09 bits per heavy atom. The summed E-state index contributed by atoms with van der Waals surface area (Å²) in [5.74, 6) is -2.99. The molecule has 1 rings (SSSR count). The number of carbonyl (C=O) groups excluding carboxylic acids is 1. The molecule has 2 N–H and O–H groups in total. The fourth-order valence-electron chi connectivity index (χ4n) is 1.82. The number of hydrogen-bond acceptors (Lipinski definition) is 8. The summed E-state index contributed by atoms with van der Waals surface area (Å²) in [5.41, 5.74) is 0.135. The maximum atomic E-state index is 11.6. The van der Waals surface area contributed by atoms with Crippen molar-refractivity contribution in [2.24, 2.45) is 0 Å². The van der Waals surface area contributed by atoms with E-state index in [-0.39, 0.29) is 51.3 Å². The number of esters is 1. The fourth-order valence-corrected chi connectivity index (χ4v) is 1.82. The Kier molecular flexibility index (Phi) is 9.30. The van der Waals surface area contributed by atoms with Crippen LogP contribution in [0.25, 0.3) is 0 Å². The van der Waals surface area contributed by atoms with Crippen molar-refractivity contribution in [3.05, 3.63) is 12.2 Å². The molecular weight excluding hydrogens is 308 g/mol. The van der Waals surface area contributed by atoms with Crippen LogP contribution >= 0.6 is 0 Å². The zero-order chi connectivity index (χ0) is 17.1. The van der Waals surface area contributed by atoms with Gasteiger partial charge >= 0.3 is 11.9 Å². The van der Waals surface area contributed by atoms with Gasteiger partial charge in [-0.05, 0) is 19.8 Å². The molecule has 0 radical (unpaired) electrons. The van der Waals surface area contributed by atoms with Crippen LogP contribution in [0.1, 0.15) is 19.8 Å². The molecule has 1 saturated heterocycles. The highest BCUT2D eigenvalue weighted by molar-refractivity contribution is 5.87. The third kappa shape index (κ3) is 8.40. The van der Waals surface area contributed by atoms with Gasteiger partial charge in [0.05, 0.1) is 39.1 Å². The standard InChI is InChI=1S/C15H26O8/c1-12(2)14(17)23-15(18,11-20-9-8-19-7-5-16)22-10-13-4-3-6-21-13/h13,16,18H,1,3-11H2,2H3. The molecule has 0 aromatic rings. The highest BCUT2D eigenvalue weighted by Crippen LogP contribution is 2.18. The van der Waals surface area contributed by atoms with Crippen LogP contribution in [0, 0.1) is 0 Å². The van der Waals surface area contributed by atoms with Crippen molar-refractivity contribution in [3.63, 3.8) is 0 Å². The molecule has 0 saturated carbocycles. The Morgan fingerprint density at radius 3 is 2.70 bits per heavy atom. The molecule has 0 aromatic carbocycles. The van der Waals surface area contributed by atoms with Crippen molar-refractivity contribution >= 4 is 5.97 Å². The number of carbonyl (C=O) groups is 1. The Labute approximate surface area is 135 Å². The summed E-state index contributed by atoms with van der Waals surface area (Å²) in [6.07, 6.45) is 1.61. The molecule has 8 heteroatoms. The Hall–Kier alpha value is -1.03. The molecule has 0 amide bonds. The molecule has 8 nitrogen and oxygen atoms in total. The van der Waals surface area contributed by atoms with Gasteiger partial charge < -0.3 is 33.9 Å². The van der Waals surface area contributed by atoms with E-state index in [1.807, 2.05) is 0 Å². The van der Waals surface area contributed by atoms with Gasteiger partial charge in [-0.15, -0.1) is 0 Å². The number of aliphatic hydroxyl groups is 2. The van der Waals surface area contributed by atoms with Gasteiger partial charge in [0.15, 0.2) is 0 Å². The van der Waals surface area contributed by atoms with Crippen molar-refractivity contribution in [1.29, 1.82) is 0 Å². The lowest BCUT2D eigenvalue weighted by atomic mass is 10.2. The molecule has 1 aliphatic rings. The average molecular weight is 334 g/mol. The van der Waals surface area contributed by atoms with Gasteiger partial charge in [-0.2, -0.15) is 0 Å². The zero-order valence-electron chi connectivity index (χ0n) is 13.5. The van der Waals surface area contributed by atoms with Crippen molar-refractivity contribution in [2.75, 3.05) is 46.2 Å². The maximum Gasteiger partial charge on any atom is 0.351 e. The van der Waals surface area contributed by atoms with Gasteiger partial charge in [0.2, 0.25) is 0 Å². The molecule has 1 fully saturated rings. The summed E-state index contributed by atoms with van der Waals surface area (Å²) in [5, 5.41) is 18.9. The van der Waals surface area contributed by atoms with Crippen molar-refractivity contribution in [1.82, 2.24) is 0 Å². The van der Waals surface area contributed by atoms with E-state index in [1.165, 1.54) is 6.92 Å². The molecule has 0 aliphatic carbocycles. The topological polar surface area (TPSA) is 104 Å². The van der Waals surface area contributed by atoms with Crippen LogP contribution in [-0.2, 0) is 28.5 Å². The number of aliphatic hydroxyl groups excluding tert-OH is 1. The first-order chi connectivity index (χ1) is 11.0. The van der Waals surface area contributed by atoms with E-state index in [1.54, 1.807) is 0 Å². The van der Waals surface area contributed by atoms with E-state index in [4.69, 9.17) is 28.8 Å². The lowest BCUT2D eigenvalue weighted by Gasteiger charge is -2.28. The molecule has 134 valence electrons. The minimum Gasteiger partial charge on any atom is -0.402 e. The van der Waals surface area contributed by atoms with E-state index in [2.05, 4.69) is 6.58 Å². The predicted molar refractivity (Wildman–Crippen MR) is 79.5 cm³/mol. The van der Waals surface area contributed by atoms with Crippen molar-refractivity contribution < 1.29 is 38.7 Å². The first kappa shape index (κ1) is 20.0. The van der Waals surface area contributed by atoms with Gasteiger partial charge in [0.25, 0.3) is 0 Å². The number of hydrogen-bond donors (Lipinski definition) is 2. The second-order valence-corrected chi connectivity index (χ2v) is 5.22. The quantitative estimate of drug-likeness (QED) is 0.222. The summed E-state index contributed by atoms with van der Waals surface area (Å²) in [7, 11) is 0. The lowest BCUT2D eigenvalue weighted by Crippen LogP contribution is -2.44. The minimum atomic E-state index is -2.21. The number of rotatable bonds is 12. The second kappa shape index (κ2) is 10.7. The maximum absolute atomic E-state index is 11.6. The minimum absolute atomic E-state index is 0.0787. The van der Waals surface area contributed by atoms with Crippen LogP contribution in [0.3, 0.4) is 0 Å². The third-order valence-corrected chi connectivity index (χ3v) is 3.01. The SMILES string of the molecule is C=C(C)C(=O)OC(O)(COCCOCCO)OCC1CCCO1. The van der Waals surface area contributed by atoms with Gasteiger partial charge in [-0.25, -0.2) is 4.79 Å². The Morgan fingerprint density at radius 1 is 1.35 bits per heavy atom. The summed E-state index contributed by atoms with van der Waals surface area (Å²) in [6.45, 7) is 5.79. The molecule has 0 bridgehead atoms.